The molecular weight excluding hydrogens is 528 g/mol. The van der Waals surface area contributed by atoms with E-state index in [1.165, 1.54) is 12.1 Å². The van der Waals surface area contributed by atoms with E-state index in [0.29, 0.717) is 29.4 Å². The number of benzene rings is 3. The summed E-state index contributed by atoms with van der Waals surface area (Å²) >= 11 is 0. The number of para-hydroxylation sites is 1. The lowest BCUT2D eigenvalue weighted by atomic mass is 10.0. The van der Waals surface area contributed by atoms with Crippen LogP contribution in [0.4, 0.5) is 0 Å². The molecule has 0 bridgehead atoms. The molecule has 0 radical (unpaired) electrons. The molecule has 5 aromatic rings. The minimum atomic E-state index is -4.06. The van der Waals surface area contributed by atoms with Crippen LogP contribution in [0, 0.1) is 13.8 Å². The van der Waals surface area contributed by atoms with Crippen molar-refractivity contribution in [2.45, 2.75) is 50.5 Å². The fourth-order valence-corrected chi connectivity index (χ4v) is 6.62. The Morgan fingerprint density at radius 1 is 1.02 bits per heavy atom. The maximum atomic E-state index is 13.8. The molecule has 2 N–H and O–H groups in total. The van der Waals surface area contributed by atoms with E-state index < -0.39 is 22.0 Å². The van der Waals surface area contributed by atoms with Crippen molar-refractivity contribution >= 4 is 37.9 Å². The molecule has 0 saturated heterocycles. The van der Waals surface area contributed by atoms with Gasteiger partial charge in [-0.15, -0.1) is 0 Å². The minimum absolute atomic E-state index is 0.0513. The van der Waals surface area contributed by atoms with Crippen molar-refractivity contribution in [2.24, 2.45) is 0 Å². The first-order valence-electron chi connectivity index (χ1n) is 13.1. The largest absolute Gasteiger partial charge is 0.425 e. The van der Waals surface area contributed by atoms with Crippen LogP contribution < -0.4 is 15.1 Å². The number of aromatic amines is 1. The number of fused-ring (bicyclic) bond motifs is 4. The molecule has 40 heavy (non-hydrogen) atoms. The van der Waals surface area contributed by atoms with Gasteiger partial charge in [0, 0.05) is 29.1 Å². The molecule has 2 heterocycles. The van der Waals surface area contributed by atoms with Crippen molar-refractivity contribution in [1.29, 1.82) is 0 Å². The number of esters is 1. The van der Waals surface area contributed by atoms with Crippen molar-refractivity contribution in [3.63, 3.8) is 0 Å². The average molecular weight is 557 g/mol. The van der Waals surface area contributed by atoms with Crippen LogP contribution in [0.1, 0.15) is 34.2 Å². The summed E-state index contributed by atoms with van der Waals surface area (Å²) in [6.07, 6.45) is 3.91. The quantitative estimate of drug-likeness (QED) is 0.168. The third kappa shape index (κ3) is 4.82. The van der Waals surface area contributed by atoms with Gasteiger partial charge in [-0.3, -0.25) is 0 Å². The van der Waals surface area contributed by atoms with Crippen LogP contribution in [0.25, 0.3) is 21.9 Å². The Labute approximate surface area is 231 Å². The first-order valence-corrected chi connectivity index (χ1v) is 14.6. The Hall–Kier alpha value is -4.21. The van der Waals surface area contributed by atoms with Gasteiger partial charge in [0.25, 0.3) is 0 Å². The Bertz CT molecular complexity index is 1940. The van der Waals surface area contributed by atoms with Gasteiger partial charge in [0.2, 0.25) is 10.0 Å². The van der Waals surface area contributed by atoms with Crippen LogP contribution in [-0.2, 0) is 34.1 Å². The van der Waals surface area contributed by atoms with Crippen molar-refractivity contribution in [2.75, 3.05) is 0 Å². The SMILES string of the molecule is Cc1ccc(S(=O)(=O)NC(Cc2c[nH]c3ccccc23)C(=O)Oc2cc(C)cc3oc(=O)c4c(c23)CCC4)cc1. The number of aryl methyl sites for hydroxylation is 3. The van der Waals surface area contributed by atoms with Crippen LogP contribution in [0.15, 0.2) is 81.0 Å². The molecule has 0 saturated carbocycles. The summed E-state index contributed by atoms with van der Waals surface area (Å²) in [7, 11) is -4.06. The number of hydrogen-bond donors (Lipinski definition) is 2. The third-order valence-electron chi connectivity index (χ3n) is 7.40. The van der Waals surface area contributed by atoms with Gasteiger partial charge in [0.1, 0.15) is 17.4 Å². The van der Waals surface area contributed by atoms with Gasteiger partial charge in [-0.2, -0.15) is 4.72 Å². The van der Waals surface area contributed by atoms with Gasteiger partial charge in [-0.1, -0.05) is 35.9 Å². The minimum Gasteiger partial charge on any atom is -0.425 e. The zero-order chi connectivity index (χ0) is 28.0. The van der Waals surface area contributed by atoms with Crippen LogP contribution >= 0.6 is 0 Å². The predicted octanol–water partition coefficient (Wildman–Crippen LogP) is 4.88. The highest BCUT2D eigenvalue weighted by Crippen LogP contribution is 2.35. The van der Waals surface area contributed by atoms with Gasteiger partial charge in [-0.25, -0.2) is 18.0 Å². The maximum absolute atomic E-state index is 13.8. The van der Waals surface area contributed by atoms with E-state index >= 15 is 0 Å². The highest BCUT2D eigenvalue weighted by atomic mass is 32.2. The molecule has 0 spiro atoms. The van der Waals surface area contributed by atoms with Gasteiger partial charge in [0.05, 0.1) is 10.3 Å². The molecule has 204 valence electrons. The molecule has 0 fully saturated rings. The average Bonchev–Trinajstić information content (AvgIpc) is 3.56. The van der Waals surface area contributed by atoms with E-state index in [0.717, 1.165) is 39.6 Å². The van der Waals surface area contributed by atoms with Gasteiger partial charge in [-0.05, 0) is 80.1 Å². The molecule has 8 nitrogen and oxygen atoms in total. The number of ether oxygens (including phenoxy) is 1. The lowest BCUT2D eigenvalue weighted by Crippen LogP contribution is -2.44. The van der Waals surface area contributed by atoms with E-state index in [-0.39, 0.29) is 22.7 Å². The van der Waals surface area contributed by atoms with E-state index in [4.69, 9.17) is 9.15 Å². The number of H-pyrrole nitrogens is 1. The summed E-state index contributed by atoms with van der Waals surface area (Å²) in [5.74, 6) is -0.508. The van der Waals surface area contributed by atoms with E-state index in [2.05, 4.69) is 9.71 Å². The molecule has 0 aliphatic heterocycles. The van der Waals surface area contributed by atoms with Crippen LogP contribution in [0.5, 0.6) is 5.75 Å². The van der Waals surface area contributed by atoms with Crippen molar-refractivity contribution in [1.82, 2.24) is 9.71 Å². The van der Waals surface area contributed by atoms with Crippen molar-refractivity contribution < 1.29 is 22.4 Å². The van der Waals surface area contributed by atoms with E-state index in [1.807, 2.05) is 38.1 Å². The van der Waals surface area contributed by atoms with E-state index in [9.17, 15) is 18.0 Å². The van der Waals surface area contributed by atoms with Crippen LogP contribution in [0.2, 0.25) is 0 Å². The van der Waals surface area contributed by atoms with Crippen LogP contribution in [0.3, 0.4) is 0 Å². The molecule has 1 unspecified atom stereocenters. The molecule has 9 heteroatoms. The molecule has 1 atom stereocenters. The summed E-state index contributed by atoms with van der Waals surface area (Å²) in [5.41, 5.74) is 4.70. The number of hydrogen-bond acceptors (Lipinski definition) is 6. The maximum Gasteiger partial charge on any atom is 0.339 e. The Kier molecular flexibility index (Phi) is 6.56. The Morgan fingerprint density at radius 3 is 2.58 bits per heavy atom. The van der Waals surface area contributed by atoms with Crippen LogP contribution in [-0.4, -0.2) is 25.4 Å². The summed E-state index contributed by atoms with van der Waals surface area (Å²) in [5, 5.41) is 1.47. The molecule has 2 aromatic heterocycles. The number of carbonyl (C=O) groups is 1. The fraction of sp³-hybridized carbons (Fsp3) is 0.226. The summed E-state index contributed by atoms with van der Waals surface area (Å²) in [6.45, 7) is 3.68. The number of sulfonamides is 1. The summed E-state index contributed by atoms with van der Waals surface area (Å²) < 4.78 is 40.9. The predicted molar refractivity (Wildman–Crippen MR) is 152 cm³/mol. The van der Waals surface area contributed by atoms with Gasteiger partial charge in [0.15, 0.2) is 0 Å². The highest BCUT2D eigenvalue weighted by molar-refractivity contribution is 7.89. The lowest BCUT2D eigenvalue weighted by Gasteiger charge is -2.19. The summed E-state index contributed by atoms with van der Waals surface area (Å²) in [4.78, 5) is 29.6. The Balaban J connectivity index is 1.40. The zero-order valence-electron chi connectivity index (χ0n) is 22.1. The van der Waals surface area contributed by atoms with E-state index in [1.54, 1.807) is 30.5 Å². The third-order valence-corrected chi connectivity index (χ3v) is 8.89. The summed E-state index contributed by atoms with van der Waals surface area (Å²) in [6, 6.07) is 16.3. The molecule has 1 aliphatic carbocycles. The number of rotatable bonds is 7. The molecule has 1 aliphatic rings. The molecular formula is C31H28N2O6S. The number of nitrogens with one attached hydrogen (secondary N) is 2. The second-order valence-electron chi connectivity index (χ2n) is 10.3. The highest BCUT2D eigenvalue weighted by Gasteiger charge is 2.30. The smallest absolute Gasteiger partial charge is 0.339 e. The number of carbonyl (C=O) groups excluding carboxylic acids is 1. The topological polar surface area (TPSA) is 118 Å². The first-order chi connectivity index (χ1) is 19.2. The fourth-order valence-electron chi connectivity index (χ4n) is 5.43. The molecule has 3 aromatic carbocycles. The standard InChI is InChI=1S/C31H28N2O6S/c1-18-10-12-21(13-11-18)40(36,37)33-26(16-20-17-32-25-9-4-3-6-22(20)25)31(35)39-28-15-19(2)14-27-29(28)23-7-5-8-24(23)30(34)38-27/h3-4,6,9-15,17,26,32-33H,5,7-8,16H2,1-2H3. The second-order valence-corrected chi connectivity index (χ2v) is 12.0. The van der Waals surface area contributed by atoms with Crippen molar-refractivity contribution in [3.8, 4) is 5.75 Å². The Morgan fingerprint density at radius 2 is 1.77 bits per heavy atom. The first kappa shape index (κ1) is 26.0. The van der Waals surface area contributed by atoms with Gasteiger partial charge < -0.3 is 14.1 Å². The zero-order valence-corrected chi connectivity index (χ0v) is 22.9. The normalized spacial score (nSPS) is 13.9. The molecule has 0 amide bonds. The monoisotopic (exact) mass is 556 g/mol. The second kappa shape index (κ2) is 10.1. The number of aromatic nitrogens is 1. The molecule has 6 rings (SSSR count). The lowest BCUT2D eigenvalue weighted by molar-refractivity contribution is -0.136. The van der Waals surface area contributed by atoms with Gasteiger partial charge >= 0.3 is 11.6 Å². The van der Waals surface area contributed by atoms with Crippen molar-refractivity contribution in [3.05, 3.63) is 105 Å².